The van der Waals surface area contributed by atoms with Crippen LogP contribution in [-0.4, -0.2) is 30.2 Å². The zero-order valence-corrected chi connectivity index (χ0v) is 10.3. The molecule has 4 nitrogen and oxygen atoms in total. The monoisotopic (exact) mass is 228 g/mol. The Labute approximate surface area is 97.6 Å². The smallest absolute Gasteiger partial charge is 0.237 e. The van der Waals surface area contributed by atoms with E-state index in [2.05, 4.69) is 5.32 Å². The van der Waals surface area contributed by atoms with Gasteiger partial charge in [-0.05, 0) is 18.8 Å². The van der Waals surface area contributed by atoms with E-state index in [0.29, 0.717) is 6.54 Å². The summed E-state index contributed by atoms with van der Waals surface area (Å²) in [5.41, 5.74) is 5.66. The fourth-order valence-corrected chi connectivity index (χ4v) is 2.21. The summed E-state index contributed by atoms with van der Waals surface area (Å²) < 4.78 is 0. The Morgan fingerprint density at radius 1 is 1.44 bits per heavy atom. The van der Waals surface area contributed by atoms with Crippen LogP contribution in [0.2, 0.25) is 0 Å². The van der Waals surface area contributed by atoms with E-state index in [1.54, 1.807) is 0 Å². The molecular formula is C12H24N2O2. The number of aliphatic hydroxyl groups excluding tert-OH is 1. The molecule has 0 radical (unpaired) electrons. The Balaban J connectivity index is 2.41. The van der Waals surface area contributed by atoms with Crippen LogP contribution in [0.4, 0.5) is 0 Å². The molecule has 0 saturated heterocycles. The Kier molecular flexibility index (Phi) is 4.74. The summed E-state index contributed by atoms with van der Waals surface area (Å²) >= 11 is 0. The van der Waals surface area contributed by atoms with Gasteiger partial charge in [-0.15, -0.1) is 0 Å². The Morgan fingerprint density at radius 2 is 2.00 bits per heavy atom. The average Bonchev–Trinajstić information content (AvgIpc) is 2.74. The number of hydrogen-bond donors (Lipinski definition) is 3. The molecule has 1 saturated carbocycles. The van der Waals surface area contributed by atoms with Crippen LogP contribution in [0.3, 0.4) is 0 Å². The van der Waals surface area contributed by atoms with Crippen LogP contribution in [0, 0.1) is 11.3 Å². The van der Waals surface area contributed by atoms with Gasteiger partial charge in [0.05, 0.1) is 12.6 Å². The molecule has 0 aromatic carbocycles. The molecule has 4 heteroatoms. The van der Waals surface area contributed by atoms with Crippen molar-refractivity contribution >= 4 is 5.91 Å². The standard InChI is InChI=1S/C12H24N2O2/c1-9(2)10(13)11(16)14-7-12(8-15)5-3-4-6-12/h9-10,15H,3-8,13H2,1-2H3,(H,14,16)/t10-/m0/s1. The molecule has 94 valence electrons. The predicted octanol–water partition coefficient (Wildman–Crippen LogP) is 0.639. The highest BCUT2D eigenvalue weighted by atomic mass is 16.3. The van der Waals surface area contributed by atoms with Crippen LogP contribution >= 0.6 is 0 Å². The molecule has 0 bridgehead atoms. The lowest BCUT2D eigenvalue weighted by molar-refractivity contribution is -0.123. The molecule has 0 spiro atoms. The maximum atomic E-state index is 11.7. The summed E-state index contributed by atoms with van der Waals surface area (Å²) in [6, 6.07) is -0.447. The minimum absolute atomic E-state index is 0.0909. The number of carbonyl (C=O) groups excluding carboxylic acids is 1. The van der Waals surface area contributed by atoms with Crippen molar-refractivity contribution in [3.8, 4) is 0 Å². The molecule has 4 N–H and O–H groups in total. The van der Waals surface area contributed by atoms with Crippen LogP contribution < -0.4 is 11.1 Å². The lowest BCUT2D eigenvalue weighted by Gasteiger charge is -2.27. The van der Waals surface area contributed by atoms with Gasteiger partial charge >= 0.3 is 0 Å². The van der Waals surface area contributed by atoms with Crippen LogP contribution in [0.25, 0.3) is 0 Å². The van der Waals surface area contributed by atoms with Gasteiger partial charge in [-0.2, -0.15) is 0 Å². The molecule has 1 rings (SSSR count). The predicted molar refractivity (Wildman–Crippen MR) is 63.8 cm³/mol. The van der Waals surface area contributed by atoms with Gasteiger partial charge in [0.25, 0.3) is 0 Å². The number of aliphatic hydroxyl groups is 1. The van der Waals surface area contributed by atoms with Gasteiger partial charge in [-0.3, -0.25) is 4.79 Å². The highest BCUT2D eigenvalue weighted by Gasteiger charge is 2.34. The molecule has 0 unspecified atom stereocenters. The number of rotatable bonds is 5. The summed E-state index contributed by atoms with van der Waals surface area (Å²) in [4.78, 5) is 11.7. The molecule has 0 aliphatic heterocycles. The fourth-order valence-electron chi connectivity index (χ4n) is 2.21. The van der Waals surface area contributed by atoms with E-state index in [1.807, 2.05) is 13.8 Å². The van der Waals surface area contributed by atoms with Gasteiger partial charge in [-0.25, -0.2) is 0 Å². The largest absolute Gasteiger partial charge is 0.396 e. The van der Waals surface area contributed by atoms with E-state index in [4.69, 9.17) is 5.73 Å². The van der Waals surface area contributed by atoms with E-state index >= 15 is 0 Å². The van der Waals surface area contributed by atoms with Crippen molar-refractivity contribution in [3.05, 3.63) is 0 Å². The van der Waals surface area contributed by atoms with E-state index in [0.717, 1.165) is 25.7 Å². The zero-order chi connectivity index (χ0) is 12.2. The molecule has 1 fully saturated rings. The number of hydrogen-bond acceptors (Lipinski definition) is 3. The second-order valence-electron chi connectivity index (χ2n) is 5.35. The Bertz CT molecular complexity index is 235. The summed E-state index contributed by atoms with van der Waals surface area (Å²) in [5.74, 6) is 0.0448. The molecule has 1 amide bonds. The highest BCUT2D eigenvalue weighted by molar-refractivity contribution is 5.81. The van der Waals surface area contributed by atoms with Gasteiger partial charge in [0.1, 0.15) is 0 Å². The second-order valence-corrected chi connectivity index (χ2v) is 5.35. The molecule has 1 aliphatic carbocycles. The van der Waals surface area contributed by atoms with E-state index < -0.39 is 6.04 Å². The Morgan fingerprint density at radius 3 is 2.44 bits per heavy atom. The lowest BCUT2D eigenvalue weighted by atomic mass is 9.87. The SMILES string of the molecule is CC(C)[C@H](N)C(=O)NCC1(CO)CCCC1. The summed E-state index contributed by atoms with van der Waals surface area (Å²) in [6.45, 7) is 4.58. The number of amides is 1. The summed E-state index contributed by atoms with van der Waals surface area (Å²) in [7, 11) is 0. The first-order valence-corrected chi connectivity index (χ1v) is 6.15. The van der Waals surface area contributed by atoms with Crippen molar-refractivity contribution in [1.29, 1.82) is 0 Å². The topological polar surface area (TPSA) is 75.4 Å². The van der Waals surface area contributed by atoms with Gasteiger partial charge in [0.15, 0.2) is 0 Å². The molecule has 16 heavy (non-hydrogen) atoms. The molecule has 1 atom stereocenters. The summed E-state index contributed by atoms with van der Waals surface area (Å²) in [5, 5.41) is 12.3. The first kappa shape index (κ1) is 13.5. The number of nitrogens with one attached hydrogen (secondary N) is 1. The first-order valence-electron chi connectivity index (χ1n) is 6.15. The maximum absolute atomic E-state index is 11.7. The number of nitrogens with two attached hydrogens (primary N) is 1. The molecular weight excluding hydrogens is 204 g/mol. The van der Waals surface area contributed by atoms with E-state index in [-0.39, 0.29) is 23.8 Å². The third-order valence-electron chi connectivity index (χ3n) is 3.66. The number of carbonyl (C=O) groups is 1. The van der Waals surface area contributed by atoms with Crippen LogP contribution in [-0.2, 0) is 4.79 Å². The fraction of sp³-hybridized carbons (Fsp3) is 0.917. The van der Waals surface area contributed by atoms with Crippen molar-refractivity contribution in [2.24, 2.45) is 17.1 Å². The highest BCUT2D eigenvalue weighted by Crippen LogP contribution is 2.36. The van der Waals surface area contributed by atoms with E-state index in [9.17, 15) is 9.90 Å². The molecule has 0 aromatic heterocycles. The van der Waals surface area contributed by atoms with Crippen molar-refractivity contribution in [2.45, 2.75) is 45.6 Å². The van der Waals surface area contributed by atoms with Crippen LogP contribution in [0.5, 0.6) is 0 Å². The van der Waals surface area contributed by atoms with Gasteiger partial charge < -0.3 is 16.2 Å². The first-order chi connectivity index (χ1) is 7.51. The van der Waals surface area contributed by atoms with Gasteiger partial charge in [-0.1, -0.05) is 26.7 Å². The average molecular weight is 228 g/mol. The van der Waals surface area contributed by atoms with E-state index in [1.165, 1.54) is 0 Å². The van der Waals surface area contributed by atoms with Crippen molar-refractivity contribution in [1.82, 2.24) is 5.32 Å². The third-order valence-corrected chi connectivity index (χ3v) is 3.66. The van der Waals surface area contributed by atoms with Crippen molar-refractivity contribution in [3.63, 3.8) is 0 Å². The lowest BCUT2D eigenvalue weighted by Crippen LogP contribution is -2.47. The molecule has 0 aromatic rings. The van der Waals surface area contributed by atoms with Crippen LogP contribution in [0.15, 0.2) is 0 Å². The second kappa shape index (κ2) is 5.64. The maximum Gasteiger partial charge on any atom is 0.237 e. The van der Waals surface area contributed by atoms with Crippen molar-refractivity contribution in [2.75, 3.05) is 13.2 Å². The minimum Gasteiger partial charge on any atom is -0.396 e. The van der Waals surface area contributed by atoms with Gasteiger partial charge in [0.2, 0.25) is 5.91 Å². The zero-order valence-electron chi connectivity index (χ0n) is 10.3. The minimum atomic E-state index is -0.447. The third kappa shape index (κ3) is 3.19. The van der Waals surface area contributed by atoms with Crippen LogP contribution in [0.1, 0.15) is 39.5 Å². The normalized spacial score (nSPS) is 21.1. The summed E-state index contributed by atoms with van der Waals surface area (Å²) in [6.07, 6.45) is 4.29. The quantitative estimate of drug-likeness (QED) is 0.646. The molecule has 0 heterocycles. The van der Waals surface area contributed by atoms with Crippen molar-refractivity contribution < 1.29 is 9.90 Å². The Hall–Kier alpha value is -0.610. The van der Waals surface area contributed by atoms with Gasteiger partial charge in [0, 0.05) is 12.0 Å². The molecule has 1 aliphatic rings.